The summed E-state index contributed by atoms with van der Waals surface area (Å²) in [5.41, 5.74) is 0.980. The van der Waals surface area contributed by atoms with Crippen molar-refractivity contribution in [1.82, 2.24) is 14.8 Å². The lowest BCUT2D eigenvalue weighted by molar-refractivity contribution is -0.135. The van der Waals surface area contributed by atoms with Crippen LogP contribution in [0.25, 0.3) is 0 Å². The number of hydrogen-bond acceptors (Lipinski definition) is 5. The van der Waals surface area contributed by atoms with Crippen molar-refractivity contribution in [2.24, 2.45) is 0 Å². The highest BCUT2D eigenvalue weighted by Crippen LogP contribution is 2.14. The Morgan fingerprint density at radius 3 is 2.77 bits per heavy atom. The predicted octanol–water partition coefficient (Wildman–Crippen LogP) is 3.04. The molecule has 160 valence electrons. The maximum atomic E-state index is 12.3. The van der Waals surface area contributed by atoms with E-state index in [9.17, 15) is 9.59 Å². The van der Waals surface area contributed by atoms with Crippen LogP contribution in [0.15, 0.2) is 57.7 Å². The highest BCUT2D eigenvalue weighted by Gasteiger charge is 2.16. The molecule has 0 saturated heterocycles. The molecular weight excluding hydrogens is 386 g/mol. The van der Waals surface area contributed by atoms with Gasteiger partial charge in [-0.1, -0.05) is 6.92 Å². The van der Waals surface area contributed by atoms with Crippen molar-refractivity contribution in [2.75, 3.05) is 20.3 Å². The van der Waals surface area contributed by atoms with Gasteiger partial charge in [-0.05, 0) is 42.8 Å². The summed E-state index contributed by atoms with van der Waals surface area (Å²) in [6.07, 6.45) is 4.36. The summed E-state index contributed by atoms with van der Waals surface area (Å²) >= 11 is 0. The highest BCUT2D eigenvalue weighted by molar-refractivity contribution is 5.91. The third-order valence-corrected chi connectivity index (χ3v) is 4.61. The van der Waals surface area contributed by atoms with E-state index in [-0.39, 0.29) is 24.2 Å². The normalized spacial score (nSPS) is 10.9. The number of carbonyl (C=O) groups excluding carboxylic acids is 2. The summed E-state index contributed by atoms with van der Waals surface area (Å²) in [4.78, 5) is 26.3. The molecule has 0 aromatic carbocycles. The second kappa shape index (κ2) is 10.5. The Morgan fingerprint density at radius 2 is 2.03 bits per heavy atom. The van der Waals surface area contributed by atoms with Gasteiger partial charge in [-0.3, -0.25) is 9.59 Å². The van der Waals surface area contributed by atoms with E-state index in [1.807, 2.05) is 29.8 Å². The second-order valence-corrected chi connectivity index (χ2v) is 6.90. The summed E-state index contributed by atoms with van der Waals surface area (Å²) in [5.74, 6) is 1.23. The number of methoxy groups -OCH3 is 1. The van der Waals surface area contributed by atoms with Crippen LogP contribution in [-0.4, -0.2) is 41.5 Å². The van der Waals surface area contributed by atoms with Crippen LogP contribution in [0.1, 0.15) is 41.1 Å². The van der Waals surface area contributed by atoms with E-state index >= 15 is 0 Å². The first-order valence-corrected chi connectivity index (χ1v) is 9.90. The molecule has 0 spiro atoms. The van der Waals surface area contributed by atoms with E-state index in [1.54, 1.807) is 35.4 Å². The lowest BCUT2D eigenvalue weighted by Crippen LogP contribution is -2.34. The third-order valence-electron chi connectivity index (χ3n) is 4.61. The molecule has 3 aromatic heterocycles. The molecule has 1 N–H and O–H groups in total. The Bertz CT molecular complexity index is 942. The van der Waals surface area contributed by atoms with Crippen LogP contribution >= 0.6 is 0 Å². The van der Waals surface area contributed by atoms with E-state index in [2.05, 4.69) is 5.32 Å². The monoisotopic (exact) mass is 413 g/mol. The fourth-order valence-electron chi connectivity index (χ4n) is 3.14. The zero-order valence-electron chi connectivity index (χ0n) is 17.3. The van der Waals surface area contributed by atoms with Crippen LogP contribution in [0.3, 0.4) is 0 Å². The molecule has 8 heteroatoms. The average molecular weight is 413 g/mol. The number of nitrogens with zero attached hydrogens (tertiary/aromatic N) is 2. The number of rotatable bonds is 11. The standard InChI is InChI=1S/C22H27N3O5/c1-3-10-25(21(26)16-28-2)14-17-6-4-11-24(17)15-19-8-9-20(30-19)22(27)23-13-18-7-5-12-29-18/h4-9,11-12H,3,10,13-16H2,1-2H3,(H,23,27). The number of aromatic nitrogens is 1. The molecule has 3 heterocycles. The molecule has 3 rings (SSSR count). The van der Waals surface area contributed by atoms with Gasteiger partial charge in [-0.15, -0.1) is 0 Å². The average Bonchev–Trinajstić information content (AvgIpc) is 3.49. The van der Waals surface area contributed by atoms with Crippen molar-refractivity contribution in [3.05, 3.63) is 71.8 Å². The molecule has 0 atom stereocenters. The SMILES string of the molecule is CCCN(Cc1cccn1Cc1ccc(C(=O)NCc2ccco2)o1)C(=O)COC. The van der Waals surface area contributed by atoms with Crippen LogP contribution < -0.4 is 5.32 Å². The van der Waals surface area contributed by atoms with Crippen molar-refractivity contribution < 1.29 is 23.2 Å². The summed E-state index contributed by atoms with van der Waals surface area (Å²) in [6.45, 7) is 4.01. The number of amides is 2. The fourth-order valence-corrected chi connectivity index (χ4v) is 3.14. The van der Waals surface area contributed by atoms with Gasteiger partial charge >= 0.3 is 0 Å². The van der Waals surface area contributed by atoms with Gasteiger partial charge in [0.25, 0.3) is 5.91 Å². The molecule has 0 aliphatic rings. The molecule has 2 amide bonds. The fraction of sp³-hybridized carbons (Fsp3) is 0.364. The van der Waals surface area contributed by atoms with Crippen molar-refractivity contribution >= 4 is 11.8 Å². The van der Waals surface area contributed by atoms with Crippen molar-refractivity contribution in [2.45, 2.75) is 33.0 Å². The van der Waals surface area contributed by atoms with Crippen LogP contribution in [-0.2, 0) is 29.2 Å². The molecule has 8 nitrogen and oxygen atoms in total. The number of carbonyl (C=O) groups is 2. The van der Waals surface area contributed by atoms with Gasteiger partial charge in [-0.2, -0.15) is 0 Å². The summed E-state index contributed by atoms with van der Waals surface area (Å²) in [7, 11) is 1.52. The molecule has 30 heavy (non-hydrogen) atoms. The summed E-state index contributed by atoms with van der Waals surface area (Å²) in [5, 5.41) is 2.76. The number of hydrogen-bond donors (Lipinski definition) is 1. The van der Waals surface area contributed by atoms with Gasteiger partial charge in [0.15, 0.2) is 5.76 Å². The first-order chi connectivity index (χ1) is 14.6. The summed E-state index contributed by atoms with van der Waals surface area (Å²) in [6, 6.07) is 10.9. The minimum Gasteiger partial charge on any atom is -0.467 e. The molecule has 0 unspecified atom stereocenters. The third kappa shape index (κ3) is 5.64. The largest absolute Gasteiger partial charge is 0.467 e. The predicted molar refractivity (Wildman–Crippen MR) is 110 cm³/mol. The Hall–Kier alpha value is -3.26. The zero-order chi connectivity index (χ0) is 21.3. The van der Waals surface area contributed by atoms with Gasteiger partial charge < -0.3 is 28.4 Å². The first-order valence-electron chi connectivity index (χ1n) is 9.90. The molecule has 0 saturated carbocycles. The Morgan fingerprint density at radius 1 is 1.17 bits per heavy atom. The number of nitrogens with one attached hydrogen (secondary N) is 1. The molecule has 0 fully saturated rings. The smallest absolute Gasteiger partial charge is 0.287 e. The second-order valence-electron chi connectivity index (χ2n) is 6.90. The van der Waals surface area contributed by atoms with Crippen LogP contribution in [0.4, 0.5) is 0 Å². The zero-order valence-corrected chi connectivity index (χ0v) is 17.3. The molecule has 0 aliphatic carbocycles. The van der Waals surface area contributed by atoms with E-state index < -0.39 is 0 Å². The van der Waals surface area contributed by atoms with Gasteiger partial charge in [0.2, 0.25) is 5.91 Å². The van der Waals surface area contributed by atoms with Crippen molar-refractivity contribution in [3.8, 4) is 0 Å². The summed E-state index contributed by atoms with van der Waals surface area (Å²) < 4.78 is 17.9. The van der Waals surface area contributed by atoms with Gasteiger partial charge in [0.1, 0.15) is 18.1 Å². The van der Waals surface area contributed by atoms with E-state index in [1.165, 1.54) is 7.11 Å². The number of ether oxygens (including phenoxy) is 1. The Labute approximate surface area is 175 Å². The quantitative estimate of drug-likeness (QED) is 0.522. The van der Waals surface area contributed by atoms with Crippen molar-refractivity contribution in [1.29, 1.82) is 0 Å². The highest BCUT2D eigenvalue weighted by atomic mass is 16.5. The van der Waals surface area contributed by atoms with Crippen molar-refractivity contribution in [3.63, 3.8) is 0 Å². The lowest BCUT2D eigenvalue weighted by atomic mass is 10.3. The topological polar surface area (TPSA) is 89.9 Å². The van der Waals surface area contributed by atoms with Gasteiger partial charge in [0.05, 0.1) is 25.9 Å². The maximum absolute atomic E-state index is 12.3. The van der Waals surface area contributed by atoms with Gasteiger partial charge in [-0.25, -0.2) is 0 Å². The van der Waals surface area contributed by atoms with E-state index in [4.69, 9.17) is 13.6 Å². The Balaban J connectivity index is 1.61. The minimum absolute atomic E-state index is 0.0411. The van der Waals surface area contributed by atoms with Crippen LogP contribution in [0, 0.1) is 0 Å². The maximum Gasteiger partial charge on any atom is 0.287 e. The Kier molecular flexibility index (Phi) is 7.51. The molecule has 0 radical (unpaired) electrons. The van der Waals surface area contributed by atoms with Crippen LogP contribution in [0.5, 0.6) is 0 Å². The minimum atomic E-state index is -0.301. The lowest BCUT2D eigenvalue weighted by Gasteiger charge is -2.22. The van der Waals surface area contributed by atoms with E-state index in [0.717, 1.165) is 12.1 Å². The van der Waals surface area contributed by atoms with E-state index in [0.29, 0.717) is 37.7 Å². The van der Waals surface area contributed by atoms with Crippen LogP contribution in [0.2, 0.25) is 0 Å². The molecule has 3 aromatic rings. The molecule has 0 bridgehead atoms. The molecular formula is C22H27N3O5. The first kappa shape index (κ1) is 21.4. The number of furan rings is 2. The molecule has 0 aliphatic heterocycles. The van der Waals surface area contributed by atoms with Gasteiger partial charge in [0, 0.05) is 25.5 Å².